The van der Waals surface area contributed by atoms with Gasteiger partial charge in [0, 0.05) is 24.1 Å². The van der Waals surface area contributed by atoms with Crippen LogP contribution in [0.15, 0.2) is 18.6 Å². The van der Waals surface area contributed by atoms with Gasteiger partial charge in [-0.3, -0.25) is 0 Å². The second-order valence-corrected chi connectivity index (χ2v) is 3.97. The molecule has 0 atom stereocenters. The van der Waals surface area contributed by atoms with E-state index in [4.69, 9.17) is 0 Å². The molecule has 0 N–H and O–H groups in total. The summed E-state index contributed by atoms with van der Waals surface area (Å²) in [5.74, 6) is 1.05. The Morgan fingerprint density at radius 2 is 2.38 bits per heavy atom. The van der Waals surface area contributed by atoms with Crippen molar-refractivity contribution in [3.63, 3.8) is 0 Å². The minimum absolute atomic E-state index is 0.715. The Morgan fingerprint density at radius 3 is 2.92 bits per heavy atom. The number of anilines is 1. The lowest BCUT2D eigenvalue weighted by Crippen LogP contribution is -2.28. The molecule has 1 fully saturated rings. The van der Waals surface area contributed by atoms with Crippen LogP contribution in [0, 0.1) is 0 Å². The monoisotopic (exact) mass is 241 g/mol. The molecule has 1 aromatic rings. The highest BCUT2D eigenvalue weighted by molar-refractivity contribution is 9.09. The standard InChI is InChI=1S/C9H12BrN3/c10-4-6-13(8-1-2-8)9-3-5-11-7-12-9/h3,5,7-8H,1-2,4,6H2. The molecule has 1 heterocycles. The van der Waals surface area contributed by atoms with E-state index in [9.17, 15) is 0 Å². The topological polar surface area (TPSA) is 29.0 Å². The Balaban J connectivity index is 2.10. The van der Waals surface area contributed by atoms with Crippen LogP contribution >= 0.6 is 15.9 Å². The first-order valence-corrected chi connectivity index (χ1v) is 5.62. The number of hydrogen-bond donors (Lipinski definition) is 0. The van der Waals surface area contributed by atoms with E-state index >= 15 is 0 Å². The van der Waals surface area contributed by atoms with Gasteiger partial charge in [-0.25, -0.2) is 9.97 Å². The summed E-state index contributed by atoms with van der Waals surface area (Å²) in [4.78, 5) is 10.5. The fraction of sp³-hybridized carbons (Fsp3) is 0.556. The zero-order chi connectivity index (χ0) is 9.10. The van der Waals surface area contributed by atoms with Gasteiger partial charge >= 0.3 is 0 Å². The first kappa shape index (κ1) is 8.94. The maximum atomic E-state index is 4.25. The summed E-state index contributed by atoms with van der Waals surface area (Å²) in [7, 11) is 0. The predicted octanol–water partition coefficient (Wildman–Crippen LogP) is 1.84. The zero-order valence-corrected chi connectivity index (χ0v) is 8.94. The normalized spacial score (nSPS) is 15.8. The number of rotatable bonds is 4. The summed E-state index contributed by atoms with van der Waals surface area (Å²) >= 11 is 3.46. The molecule has 0 unspecified atom stereocenters. The highest BCUT2D eigenvalue weighted by atomic mass is 79.9. The Labute approximate surface area is 86.3 Å². The molecule has 1 aliphatic carbocycles. The van der Waals surface area contributed by atoms with Crippen molar-refractivity contribution in [1.29, 1.82) is 0 Å². The summed E-state index contributed by atoms with van der Waals surface area (Å²) in [5, 5.41) is 0.994. The van der Waals surface area contributed by atoms with Gasteiger partial charge < -0.3 is 4.90 Å². The van der Waals surface area contributed by atoms with Gasteiger partial charge in [-0.2, -0.15) is 0 Å². The van der Waals surface area contributed by atoms with Crippen LogP contribution in [0.25, 0.3) is 0 Å². The molecular weight excluding hydrogens is 230 g/mol. The van der Waals surface area contributed by atoms with Crippen molar-refractivity contribution in [2.45, 2.75) is 18.9 Å². The molecule has 0 spiro atoms. The van der Waals surface area contributed by atoms with Crippen molar-refractivity contribution in [2.75, 3.05) is 16.8 Å². The van der Waals surface area contributed by atoms with Crippen molar-refractivity contribution in [1.82, 2.24) is 9.97 Å². The average molecular weight is 242 g/mol. The molecule has 0 amide bonds. The average Bonchev–Trinajstić information content (AvgIpc) is 2.99. The maximum Gasteiger partial charge on any atom is 0.132 e. The number of halogens is 1. The molecule has 1 saturated carbocycles. The fourth-order valence-corrected chi connectivity index (χ4v) is 1.80. The van der Waals surface area contributed by atoms with Crippen LogP contribution in [0.2, 0.25) is 0 Å². The quantitative estimate of drug-likeness (QED) is 0.754. The summed E-state index contributed by atoms with van der Waals surface area (Å²) in [6, 6.07) is 2.69. The van der Waals surface area contributed by atoms with Gasteiger partial charge in [-0.15, -0.1) is 0 Å². The Hall–Kier alpha value is -0.640. The van der Waals surface area contributed by atoms with E-state index in [1.165, 1.54) is 12.8 Å². The number of alkyl halides is 1. The Kier molecular flexibility index (Phi) is 2.78. The second kappa shape index (κ2) is 4.05. The van der Waals surface area contributed by atoms with Gasteiger partial charge in [0.25, 0.3) is 0 Å². The molecule has 13 heavy (non-hydrogen) atoms. The lowest BCUT2D eigenvalue weighted by Gasteiger charge is -2.21. The van der Waals surface area contributed by atoms with Crippen LogP contribution in [0.5, 0.6) is 0 Å². The lowest BCUT2D eigenvalue weighted by molar-refractivity contribution is 0.812. The van der Waals surface area contributed by atoms with Crippen LogP contribution in [-0.2, 0) is 0 Å². The van der Waals surface area contributed by atoms with Crippen molar-refractivity contribution in [2.24, 2.45) is 0 Å². The number of hydrogen-bond acceptors (Lipinski definition) is 3. The molecular formula is C9H12BrN3. The Bertz CT molecular complexity index is 261. The summed E-state index contributed by atoms with van der Waals surface area (Å²) in [6.45, 7) is 1.03. The molecule has 1 aromatic heterocycles. The molecule has 4 heteroatoms. The van der Waals surface area contributed by atoms with E-state index in [2.05, 4.69) is 30.8 Å². The van der Waals surface area contributed by atoms with Crippen LogP contribution in [0.1, 0.15) is 12.8 Å². The molecule has 70 valence electrons. The minimum Gasteiger partial charge on any atom is -0.353 e. The van der Waals surface area contributed by atoms with Crippen molar-refractivity contribution in [3.05, 3.63) is 18.6 Å². The van der Waals surface area contributed by atoms with Crippen molar-refractivity contribution in [3.8, 4) is 0 Å². The van der Waals surface area contributed by atoms with Crippen LogP contribution in [0.3, 0.4) is 0 Å². The van der Waals surface area contributed by atoms with Crippen molar-refractivity contribution < 1.29 is 0 Å². The van der Waals surface area contributed by atoms with Gasteiger partial charge in [0.2, 0.25) is 0 Å². The van der Waals surface area contributed by atoms with Crippen molar-refractivity contribution >= 4 is 21.7 Å². The number of aromatic nitrogens is 2. The van der Waals surface area contributed by atoms with Gasteiger partial charge in [-0.1, -0.05) is 15.9 Å². The molecule has 0 radical (unpaired) electrons. The molecule has 3 nitrogen and oxygen atoms in total. The molecule has 0 bridgehead atoms. The smallest absolute Gasteiger partial charge is 0.132 e. The summed E-state index contributed by atoms with van der Waals surface area (Å²) in [6.07, 6.45) is 6.01. The van der Waals surface area contributed by atoms with Crippen LogP contribution < -0.4 is 4.90 Å². The van der Waals surface area contributed by atoms with E-state index < -0.39 is 0 Å². The first-order valence-electron chi connectivity index (χ1n) is 4.50. The summed E-state index contributed by atoms with van der Waals surface area (Å²) < 4.78 is 0. The van der Waals surface area contributed by atoms with Gasteiger partial charge in [0.1, 0.15) is 12.1 Å². The second-order valence-electron chi connectivity index (χ2n) is 3.18. The van der Waals surface area contributed by atoms with Crippen LogP contribution in [-0.4, -0.2) is 27.9 Å². The van der Waals surface area contributed by atoms with E-state index in [-0.39, 0.29) is 0 Å². The number of nitrogens with zero attached hydrogens (tertiary/aromatic N) is 3. The van der Waals surface area contributed by atoms with Crippen LogP contribution in [0.4, 0.5) is 5.82 Å². The highest BCUT2D eigenvalue weighted by Crippen LogP contribution is 2.29. The van der Waals surface area contributed by atoms with E-state index in [1.807, 2.05) is 6.07 Å². The molecule has 0 saturated heterocycles. The fourth-order valence-electron chi connectivity index (χ4n) is 1.42. The molecule has 0 aromatic carbocycles. The third-order valence-electron chi connectivity index (χ3n) is 2.17. The first-order chi connectivity index (χ1) is 6.42. The van der Waals surface area contributed by atoms with Gasteiger partial charge in [-0.05, 0) is 18.9 Å². The highest BCUT2D eigenvalue weighted by Gasteiger charge is 2.29. The maximum absolute atomic E-state index is 4.25. The van der Waals surface area contributed by atoms with Gasteiger partial charge in [0.05, 0.1) is 0 Å². The van der Waals surface area contributed by atoms with E-state index in [0.29, 0.717) is 6.04 Å². The third-order valence-corrected chi connectivity index (χ3v) is 2.53. The largest absolute Gasteiger partial charge is 0.353 e. The van der Waals surface area contributed by atoms with Gasteiger partial charge in [0.15, 0.2) is 0 Å². The molecule has 1 aliphatic rings. The lowest BCUT2D eigenvalue weighted by atomic mass is 10.4. The molecule has 2 rings (SSSR count). The van der Waals surface area contributed by atoms with E-state index in [1.54, 1.807) is 12.5 Å². The predicted molar refractivity (Wildman–Crippen MR) is 56.2 cm³/mol. The zero-order valence-electron chi connectivity index (χ0n) is 7.36. The summed E-state index contributed by atoms with van der Waals surface area (Å²) in [5.41, 5.74) is 0. The molecule has 0 aliphatic heterocycles. The third kappa shape index (κ3) is 2.18. The minimum atomic E-state index is 0.715. The Morgan fingerprint density at radius 1 is 1.54 bits per heavy atom. The van der Waals surface area contributed by atoms with E-state index in [0.717, 1.165) is 17.7 Å². The SMILES string of the molecule is BrCCN(c1ccncn1)C1CC1.